The van der Waals surface area contributed by atoms with Gasteiger partial charge < -0.3 is 11.1 Å². The van der Waals surface area contributed by atoms with E-state index in [-0.39, 0.29) is 18.0 Å². The Bertz CT molecular complexity index is 922. The molecule has 4 aromatic rings. The summed E-state index contributed by atoms with van der Waals surface area (Å²) in [5, 5.41) is 3.91. The average molecular weight is 393 g/mol. The highest BCUT2D eigenvalue weighted by molar-refractivity contribution is 5.37. The molecule has 0 bridgehead atoms. The van der Waals surface area contributed by atoms with Crippen LogP contribution in [0.15, 0.2) is 121 Å². The molecule has 1 atom stereocenters. The fourth-order valence-electron chi connectivity index (χ4n) is 4.17. The van der Waals surface area contributed by atoms with Gasteiger partial charge in [0.25, 0.3) is 0 Å². The first-order valence-electron chi connectivity index (χ1n) is 10.5. The van der Waals surface area contributed by atoms with Crippen molar-refractivity contribution in [2.75, 3.05) is 6.54 Å². The molecule has 0 heterocycles. The maximum absolute atomic E-state index is 6.39. The van der Waals surface area contributed by atoms with E-state index in [1.807, 2.05) is 0 Å². The average Bonchev–Trinajstić information content (AvgIpc) is 2.84. The van der Waals surface area contributed by atoms with Gasteiger partial charge in [-0.15, -0.1) is 0 Å². The summed E-state index contributed by atoms with van der Waals surface area (Å²) in [6, 6.07) is 42.7. The quantitative estimate of drug-likeness (QED) is 0.414. The Morgan fingerprint density at radius 3 is 1.17 bits per heavy atom. The van der Waals surface area contributed by atoms with Crippen molar-refractivity contribution < 1.29 is 0 Å². The summed E-state index contributed by atoms with van der Waals surface area (Å²) in [6.45, 7) is 0.532. The van der Waals surface area contributed by atoms with Crippen molar-refractivity contribution in [2.24, 2.45) is 5.73 Å². The highest BCUT2D eigenvalue weighted by atomic mass is 15.0. The summed E-state index contributed by atoms with van der Waals surface area (Å²) in [7, 11) is 0. The number of hydrogen-bond donors (Lipinski definition) is 2. The standard InChI is InChI=1S/C28H28N2/c29-21-26(27(22-13-5-1-6-14-22)23-15-7-2-8-16-23)30-28(24-17-9-3-10-18-24)25-19-11-4-12-20-25/h1-20,26-28,30H,21,29H2. The van der Waals surface area contributed by atoms with Gasteiger partial charge in [0, 0.05) is 18.5 Å². The second-order valence-electron chi connectivity index (χ2n) is 7.56. The molecule has 0 amide bonds. The summed E-state index contributed by atoms with van der Waals surface area (Å²) < 4.78 is 0. The third-order valence-electron chi connectivity index (χ3n) is 5.62. The van der Waals surface area contributed by atoms with Gasteiger partial charge >= 0.3 is 0 Å². The van der Waals surface area contributed by atoms with Crippen molar-refractivity contribution in [3.63, 3.8) is 0 Å². The molecule has 0 saturated carbocycles. The van der Waals surface area contributed by atoms with Crippen molar-refractivity contribution in [1.29, 1.82) is 0 Å². The van der Waals surface area contributed by atoms with Crippen molar-refractivity contribution in [3.05, 3.63) is 144 Å². The second kappa shape index (κ2) is 10.0. The normalized spacial score (nSPS) is 12.2. The minimum Gasteiger partial charge on any atom is -0.329 e. The van der Waals surface area contributed by atoms with Gasteiger partial charge in [-0.3, -0.25) is 0 Å². The first-order valence-corrected chi connectivity index (χ1v) is 10.5. The molecule has 0 aliphatic heterocycles. The van der Waals surface area contributed by atoms with Crippen molar-refractivity contribution in [1.82, 2.24) is 5.32 Å². The highest BCUT2D eigenvalue weighted by Crippen LogP contribution is 2.31. The molecule has 0 aromatic heterocycles. The van der Waals surface area contributed by atoms with Crippen LogP contribution in [0.3, 0.4) is 0 Å². The number of nitrogens with two attached hydrogens (primary N) is 1. The molecule has 0 aliphatic rings. The van der Waals surface area contributed by atoms with Gasteiger partial charge in [0.05, 0.1) is 6.04 Å². The van der Waals surface area contributed by atoms with Crippen molar-refractivity contribution >= 4 is 0 Å². The van der Waals surface area contributed by atoms with Crippen LogP contribution in [-0.2, 0) is 0 Å². The molecule has 4 rings (SSSR count). The Hall–Kier alpha value is -3.20. The van der Waals surface area contributed by atoms with Crippen LogP contribution >= 0.6 is 0 Å². The Morgan fingerprint density at radius 2 is 0.833 bits per heavy atom. The molecule has 3 N–H and O–H groups in total. The van der Waals surface area contributed by atoms with Gasteiger partial charge in [-0.2, -0.15) is 0 Å². The van der Waals surface area contributed by atoms with Crippen LogP contribution < -0.4 is 11.1 Å². The van der Waals surface area contributed by atoms with Crippen LogP contribution in [-0.4, -0.2) is 12.6 Å². The Balaban J connectivity index is 1.74. The topological polar surface area (TPSA) is 38.0 Å². The van der Waals surface area contributed by atoms with Crippen LogP contribution in [0.5, 0.6) is 0 Å². The lowest BCUT2D eigenvalue weighted by molar-refractivity contribution is 0.438. The van der Waals surface area contributed by atoms with E-state index in [1.165, 1.54) is 22.3 Å². The monoisotopic (exact) mass is 392 g/mol. The van der Waals surface area contributed by atoms with Crippen molar-refractivity contribution in [3.8, 4) is 0 Å². The van der Waals surface area contributed by atoms with Crippen LogP contribution in [0, 0.1) is 0 Å². The molecule has 0 radical (unpaired) electrons. The van der Waals surface area contributed by atoms with Gasteiger partial charge in [0.1, 0.15) is 0 Å². The molecule has 0 spiro atoms. The zero-order chi connectivity index (χ0) is 20.6. The zero-order valence-electron chi connectivity index (χ0n) is 17.1. The predicted octanol–water partition coefficient (Wildman–Crippen LogP) is 5.53. The lowest BCUT2D eigenvalue weighted by Gasteiger charge is -2.32. The summed E-state index contributed by atoms with van der Waals surface area (Å²) in [4.78, 5) is 0. The first-order chi connectivity index (χ1) is 14.9. The lowest BCUT2D eigenvalue weighted by Crippen LogP contribution is -2.43. The van der Waals surface area contributed by atoms with E-state index in [0.717, 1.165) is 0 Å². The second-order valence-corrected chi connectivity index (χ2v) is 7.56. The molecule has 4 aromatic carbocycles. The van der Waals surface area contributed by atoms with E-state index in [2.05, 4.69) is 127 Å². The van der Waals surface area contributed by atoms with Gasteiger partial charge in [0.2, 0.25) is 0 Å². The predicted molar refractivity (Wildman–Crippen MR) is 125 cm³/mol. The molecule has 30 heavy (non-hydrogen) atoms. The Morgan fingerprint density at radius 1 is 0.500 bits per heavy atom. The van der Waals surface area contributed by atoms with Crippen LogP contribution in [0.4, 0.5) is 0 Å². The minimum atomic E-state index is 0.0656. The lowest BCUT2D eigenvalue weighted by atomic mass is 9.84. The minimum absolute atomic E-state index is 0.0656. The third kappa shape index (κ3) is 4.68. The summed E-state index contributed by atoms with van der Waals surface area (Å²) in [5.41, 5.74) is 11.4. The van der Waals surface area contributed by atoms with E-state index in [0.29, 0.717) is 6.54 Å². The van der Waals surface area contributed by atoms with Crippen LogP contribution in [0.25, 0.3) is 0 Å². The van der Waals surface area contributed by atoms with E-state index in [1.54, 1.807) is 0 Å². The maximum atomic E-state index is 6.39. The van der Waals surface area contributed by atoms with Crippen LogP contribution in [0.1, 0.15) is 34.2 Å². The Kier molecular flexibility index (Phi) is 6.71. The third-order valence-corrected chi connectivity index (χ3v) is 5.62. The van der Waals surface area contributed by atoms with E-state index >= 15 is 0 Å². The molecule has 1 unspecified atom stereocenters. The molecular weight excluding hydrogens is 364 g/mol. The summed E-state index contributed by atoms with van der Waals surface area (Å²) >= 11 is 0. The SMILES string of the molecule is NCC(NC(c1ccccc1)c1ccccc1)C(c1ccccc1)c1ccccc1. The van der Waals surface area contributed by atoms with Gasteiger partial charge in [-0.1, -0.05) is 121 Å². The van der Waals surface area contributed by atoms with Gasteiger partial charge in [0.15, 0.2) is 0 Å². The first kappa shape index (κ1) is 20.1. The molecule has 0 saturated heterocycles. The van der Waals surface area contributed by atoms with Gasteiger partial charge in [-0.25, -0.2) is 0 Å². The fraction of sp³-hybridized carbons (Fsp3) is 0.143. The van der Waals surface area contributed by atoms with Crippen LogP contribution in [0.2, 0.25) is 0 Å². The fourth-order valence-corrected chi connectivity index (χ4v) is 4.17. The maximum Gasteiger partial charge on any atom is 0.0579 e. The van der Waals surface area contributed by atoms with Gasteiger partial charge in [-0.05, 0) is 22.3 Å². The molecular formula is C28H28N2. The smallest absolute Gasteiger partial charge is 0.0579 e. The molecule has 150 valence electrons. The molecule has 0 fully saturated rings. The Labute approximate surface area is 179 Å². The molecule has 2 nitrogen and oxygen atoms in total. The number of nitrogens with one attached hydrogen (secondary N) is 1. The highest BCUT2D eigenvalue weighted by Gasteiger charge is 2.27. The zero-order valence-corrected chi connectivity index (χ0v) is 17.1. The number of benzene rings is 4. The largest absolute Gasteiger partial charge is 0.329 e. The number of rotatable bonds is 8. The summed E-state index contributed by atoms with van der Waals surface area (Å²) in [5.74, 6) is 0.160. The molecule has 0 aliphatic carbocycles. The number of hydrogen-bond acceptors (Lipinski definition) is 2. The van der Waals surface area contributed by atoms with E-state index in [9.17, 15) is 0 Å². The van der Waals surface area contributed by atoms with E-state index < -0.39 is 0 Å². The van der Waals surface area contributed by atoms with Crippen molar-refractivity contribution in [2.45, 2.75) is 18.0 Å². The summed E-state index contributed by atoms with van der Waals surface area (Å²) in [6.07, 6.45) is 0. The molecule has 2 heteroatoms. The van der Waals surface area contributed by atoms with E-state index in [4.69, 9.17) is 5.73 Å².